The van der Waals surface area contributed by atoms with Gasteiger partial charge in [-0.25, -0.2) is 0 Å². The number of hydrogen-bond donors (Lipinski definition) is 1. The number of hydrogen-bond acceptors (Lipinski definition) is 4. The maximum Gasteiger partial charge on any atom is 0.278 e. The van der Waals surface area contributed by atoms with E-state index in [-0.39, 0.29) is 10.6 Å². The van der Waals surface area contributed by atoms with Gasteiger partial charge in [-0.2, -0.15) is 0 Å². The Labute approximate surface area is 110 Å². The predicted molar refractivity (Wildman–Crippen MR) is 74.2 cm³/mol. The molecular formula is C14H15N3O2. The zero-order chi connectivity index (χ0) is 13.2. The number of fused-ring (bicyclic) bond motifs is 1. The summed E-state index contributed by atoms with van der Waals surface area (Å²) in [4.78, 5) is 14.9. The first-order valence-corrected chi connectivity index (χ1v) is 6.51. The van der Waals surface area contributed by atoms with E-state index in [9.17, 15) is 10.1 Å². The molecule has 3 rings (SSSR count). The van der Waals surface area contributed by atoms with Crippen molar-refractivity contribution in [1.82, 2.24) is 4.98 Å². The molecule has 0 radical (unpaired) electrons. The lowest BCUT2D eigenvalue weighted by Crippen LogP contribution is -2.21. The van der Waals surface area contributed by atoms with Gasteiger partial charge in [0.15, 0.2) is 0 Å². The third-order valence-electron chi connectivity index (χ3n) is 3.75. The minimum Gasteiger partial charge on any atom is -0.383 e. The number of nitro groups is 1. The van der Waals surface area contributed by atoms with Crippen LogP contribution in [0.4, 0.5) is 11.4 Å². The second kappa shape index (κ2) is 4.84. The third-order valence-corrected chi connectivity index (χ3v) is 3.75. The number of nitrogens with one attached hydrogen (secondary N) is 1. The summed E-state index contributed by atoms with van der Waals surface area (Å²) in [5, 5.41) is 15.0. The topological polar surface area (TPSA) is 68.1 Å². The summed E-state index contributed by atoms with van der Waals surface area (Å²) >= 11 is 0. The van der Waals surface area contributed by atoms with E-state index in [0.717, 1.165) is 18.2 Å². The zero-order valence-electron chi connectivity index (χ0n) is 10.5. The van der Waals surface area contributed by atoms with Crippen molar-refractivity contribution in [3.63, 3.8) is 0 Å². The highest BCUT2D eigenvalue weighted by molar-refractivity contribution is 5.96. The van der Waals surface area contributed by atoms with E-state index < -0.39 is 0 Å². The smallest absolute Gasteiger partial charge is 0.278 e. The maximum absolute atomic E-state index is 11.0. The molecule has 1 aromatic carbocycles. The zero-order valence-corrected chi connectivity index (χ0v) is 10.5. The molecule has 0 spiro atoms. The Morgan fingerprint density at radius 1 is 1.37 bits per heavy atom. The SMILES string of the molecule is O=[N+]([O-])c1ccc(NCC2CCC2)c2ncccc12. The Hall–Kier alpha value is -2.17. The van der Waals surface area contributed by atoms with Crippen LogP contribution in [-0.2, 0) is 0 Å². The van der Waals surface area contributed by atoms with E-state index in [2.05, 4.69) is 10.3 Å². The standard InChI is InChI=1S/C14H15N3O2/c18-17(19)13-7-6-12(16-9-10-3-1-4-10)14-11(13)5-2-8-15-14/h2,5-8,10,16H,1,3-4,9H2. The molecule has 0 bridgehead atoms. The van der Waals surface area contributed by atoms with Crippen molar-refractivity contribution in [2.24, 2.45) is 5.92 Å². The summed E-state index contributed by atoms with van der Waals surface area (Å²) in [5.41, 5.74) is 1.67. The summed E-state index contributed by atoms with van der Waals surface area (Å²) in [6.07, 6.45) is 5.52. The average molecular weight is 257 g/mol. The van der Waals surface area contributed by atoms with Gasteiger partial charge in [0.2, 0.25) is 0 Å². The summed E-state index contributed by atoms with van der Waals surface area (Å²) < 4.78 is 0. The van der Waals surface area contributed by atoms with Crippen molar-refractivity contribution in [3.8, 4) is 0 Å². The molecule has 5 heteroatoms. The van der Waals surface area contributed by atoms with E-state index in [1.807, 2.05) is 0 Å². The van der Waals surface area contributed by atoms with Gasteiger partial charge in [0.25, 0.3) is 5.69 Å². The molecule has 0 unspecified atom stereocenters. The van der Waals surface area contributed by atoms with Crippen molar-refractivity contribution < 1.29 is 4.92 Å². The highest BCUT2D eigenvalue weighted by atomic mass is 16.6. The van der Waals surface area contributed by atoms with Gasteiger partial charge in [-0.05, 0) is 37.0 Å². The first kappa shape index (κ1) is 11.9. The molecule has 1 heterocycles. The molecule has 1 aromatic heterocycles. The van der Waals surface area contributed by atoms with Crippen LogP contribution in [0.2, 0.25) is 0 Å². The van der Waals surface area contributed by atoms with Crippen LogP contribution < -0.4 is 5.32 Å². The average Bonchev–Trinajstić information content (AvgIpc) is 2.36. The van der Waals surface area contributed by atoms with Gasteiger partial charge in [0.05, 0.1) is 16.0 Å². The lowest BCUT2D eigenvalue weighted by atomic mass is 9.85. The number of non-ortho nitro benzene ring substituents is 1. The Bertz CT molecular complexity index is 623. The number of benzene rings is 1. The largest absolute Gasteiger partial charge is 0.383 e. The fourth-order valence-corrected chi connectivity index (χ4v) is 2.41. The number of rotatable bonds is 4. The van der Waals surface area contributed by atoms with Crippen molar-refractivity contribution in [2.45, 2.75) is 19.3 Å². The van der Waals surface area contributed by atoms with Gasteiger partial charge in [-0.3, -0.25) is 15.1 Å². The number of nitrogens with zero attached hydrogens (tertiary/aromatic N) is 2. The van der Waals surface area contributed by atoms with Gasteiger partial charge in [0, 0.05) is 18.8 Å². The van der Waals surface area contributed by atoms with Crippen LogP contribution >= 0.6 is 0 Å². The monoisotopic (exact) mass is 257 g/mol. The Balaban J connectivity index is 1.95. The second-order valence-corrected chi connectivity index (χ2v) is 4.97. The summed E-state index contributed by atoms with van der Waals surface area (Å²) in [7, 11) is 0. The van der Waals surface area contributed by atoms with Crippen LogP contribution in [0.15, 0.2) is 30.5 Å². The first-order valence-electron chi connectivity index (χ1n) is 6.51. The number of aromatic nitrogens is 1. The van der Waals surface area contributed by atoms with Crippen LogP contribution in [-0.4, -0.2) is 16.5 Å². The molecule has 0 aliphatic heterocycles. The lowest BCUT2D eigenvalue weighted by Gasteiger charge is -2.26. The molecule has 2 aromatic rings. The van der Waals surface area contributed by atoms with Crippen LogP contribution in [0.25, 0.3) is 10.9 Å². The number of nitro benzene ring substituents is 1. The van der Waals surface area contributed by atoms with Gasteiger partial charge in [0.1, 0.15) is 5.52 Å². The van der Waals surface area contributed by atoms with Crippen LogP contribution in [0.1, 0.15) is 19.3 Å². The van der Waals surface area contributed by atoms with Crippen molar-refractivity contribution in [3.05, 3.63) is 40.6 Å². The van der Waals surface area contributed by atoms with Crippen LogP contribution in [0.5, 0.6) is 0 Å². The Morgan fingerprint density at radius 2 is 2.21 bits per heavy atom. The molecule has 0 amide bonds. The van der Waals surface area contributed by atoms with E-state index in [1.165, 1.54) is 19.3 Å². The molecule has 19 heavy (non-hydrogen) atoms. The highest BCUT2D eigenvalue weighted by Crippen LogP contribution is 2.31. The van der Waals surface area contributed by atoms with E-state index in [4.69, 9.17) is 0 Å². The van der Waals surface area contributed by atoms with Gasteiger partial charge in [-0.15, -0.1) is 0 Å². The lowest BCUT2D eigenvalue weighted by molar-refractivity contribution is -0.383. The highest BCUT2D eigenvalue weighted by Gasteiger charge is 2.19. The van der Waals surface area contributed by atoms with Crippen molar-refractivity contribution >= 4 is 22.3 Å². The fraction of sp³-hybridized carbons (Fsp3) is 0.357. The van der Waals surface area contributed by atoms with Crippen LogP contribution in [0, 0.1) is 16.0 Å². The molecule has 5 nitrogen and oxygen atoms in total. The van der Waals surface area contributed by atoms with Gasteiger partial charge in [-0.1, -0.05) is 6.42 Å². The molecule has 1 aliphatic carbocycles. The Morgan fingerprint density at radius 3 is 2.89 bits per heavy atom. The molecule has 1 fully saturated rings. The molecule has 98 valence electrons. The van der Waals surface area contributed by atoms with Crippen molar-refractivity contribution in [1.29, 1.82) is 0 Å². The first-order chi connectivity index (χ1) is 9.25. The normalized spacial score (nSPS) is 15.2. The molecular weight excluding hydrogens is 242 g/mol. The summed E-state index contributed by atoms with van der Waals surface area (Å²) in [6, 6.07) is 6.78. The molecule has 0 saturated heterocycles. The van der Waals surface area contributed by atoms with Crippen LogP contribution in [0.3, 0.4) is 0 Å². The summed E-state index contributed by atoms with van der Waals surface area (Å²) in [5.74, 6) is 0.731. The maximum atomic E-state index is 11.0. The van der Waals surface area contributed by atoms with Gasteiger partial charge < -0.3 is 5.32 Å². The predicted octanol–water partition coefficient (Wildman–Crippen LogP) is 3.36. The quantitative estimate of drug-likeness (QED) is 0.673. The number of pyridine rings is 1. The van der Waals surface area contributed by atoms with E-state index in [1.54, 1.807) is 30.5 Å². The molecule has 1 N–H and O–H groups in total. The summed E-state index contributed by atoms with van der Waals surface area (Å²) in [6.45, 7) is 0.920. The number of anilines is 1. The Kier molecular flexibility index (Phi) is 3.03. The third kappa shape index (κ3) is 2.23. The second-order valence-electron chi connectivity index (χ2n) is 4.97. The fourth-order valence-electron chi connectivity index (χ4n) is 2.41. The molecule has 1 saturated carbocycles. The van der Waals surface area contributed by atoms with Gasteiger partial charge >= 0.3 is 0 Å². The molecule has 0 atom stereocenters. The minimum absolute atomic E-state index is 0.109. The molecule has 1 aliphatic rings. The van der Waals surface area contributed by atoms with E-state index in [0.29, 0.717) is 10.9 Å². The van der Waals surface area contributed by atoms with Crippen molar-refractivity contribution in [2.75, 3.05) is 11.9 Å². The minimum atomic E-state index is -0.361. The van der Waals surface area contributed by atoms with E-state index >= 15 is 0 Å².